The van der Waals surface area contributed by atoms with E-state index >= 15 is 0 Å². The van der Waals surface area contributed by atoms with Crippen LogP contribution in [0.25, 0.3) is 0 Å². The molecule has 2 aliphatic heterocycles. The van der Waals surface area contributed by atoms with Crippen molar-refractivity contribution < 1.29 is 0 Å². The summed E-state index contributed by atoms with van der Waals surface area (Å²) in [6.07, 6.45) is 0.494. The Morgan fingerprint density at radius 2 is 1.87 bits per heavy atom. The highest BCUT2D eigenvalue weighted by Crippen LogP contribution is 2.32. The summed E-state index contributed by atoms with van der Waals surface area (Å²) in [5.41, 5.74) is 5.06. The van der Waals surface area contributed by atoms with Gasteiger partial charge in [0.05, 0.1) is 0 Å². The molecule has 0 unspecified atom stereocenters. The average molecular weight is 400 g/mol. The van der Waals surface area contributed by atoms with Gasteiger partial charge in [-0.15, -0.1) is 0 Å². The van der Waals surface area contributed by atoms with Gasteiger partial charge in [0.1, 0.15) is 0 Å². The van der Waals surface area contributed by atoms with Gasteiger partial charge < -0.3 is 9.80 Å². The van der Waals surface area contributed by atoms with Crippen LogP contribution in [0.15, 0.2) is 64.4 Å². The van der Waals surface area contributed by atoms with E-state index in [1.165, 1.54) is 5.56 Å². The predicted octanol–water partition coefficient (Wildman–Crippen LogP) is 3.01. The molecule has 1 N–H and O–H groups in total. The Kier molecular flexibility index (Phi) is 4.31. The molecule has 2 aliphatic rings. The normalized spacial score (nSPS) is 17.1. The fraction of sp³-hybridized carbons (Fsp3) is 0.261. The Balaban J connectivity index is 1.63. The SMILES string of the molecule is Cc1cc(=O)n2c(n1)NC(N1CCc3ccccc31)=N[C@H]2c1ccc(N(C)C)cc1. The zero-order valence-corrected chi connectivity index (χ0v) is 17.3. The van der Waals surface area contributed by atoms with Gasteiger partial charge in [-0.2, -0.15) is 0 Å². The van der Waals surface area contributed by atoms with Gasteiger partial charge in [0.2, 0.25) is 11.9 Å². The van der Waals surface area contributed by atoms with Crippen LogP contribution in [0.4, 0.5) is 17.3 Å². The Labute approximate surface area is 175 Å². The maximum atomic E-state index is 12.9. The van der Waals surface area contributed by atoms with Gasteiger partial charge >= 0.3 is 0 Å². The Morgan fingerprint density at radius 3 is 2.63 bits per heavy atom. The number of guanidine groups is 1. The predicted molar refractivity (Wildman–Crippen MR) is 121 cm³/mol. The largest absolute Gasteiger partial charge is 0.378 e. The fourth-order valence-corrected chi connectivity index (χ4v) is 4.10. The summed E-state index contributed by atoms with van der Waals surface area (Å²) in [6, 6.07) is 18.1. The summed E-state index contributed by atoms with van der Waals surface area (Å²) in [4.78, 5) is 26.7. The number of hydrogen-bond donors (Lipinski definition) is 1. The van der Waals surface area contributed by atoms with E-state index in [1.807, 2.05) is 56.3 Å². The van der Waals surface area contributed by atoms with E-state index in [-0.39, 0.29) is 5.56 Å². The molecule has 1 aromatic heterocycles. The van der Waals surface area contributed by atoms with Gasteiger partial charge in [0, 0.05) is 43.8 Å². The van der Waals surface area contributed by atoms with Crippen LogP contribution in [0.2, 0.25) is 0 Å². The highest BCUT2D eigenvalue weighted by Gasteiger charge is 2.30. The molecule has 1 atom stereocenters. The summed E-state index contributed by atoms with van der Waals surface area (Å²) in [7, 11) is 4.01. The van der Waals surface area contributed by atoms with Crippen molar-refractivity contribution in [1.29, 1.82) is 0 Å². The minimum absolute atomic E-state index is 0.115. The molecule has 7 nitrogen and oxygen atoms in total. The molecule has 7 heteroatoms. The number of benzene rings is 2. The molecule has 0 bridgehead atoms. The second-order valence-electron chi connectivity index (χ2n) is 7.90. The third kappa shape index (κ3) is 3.03. The summed E-state index contributed by atoms with van der Waals surface area (Å²) in [5.74, 6) is 1.25. The summed E-state index contributed by atoms with van der Waals surface area (Å²) < 4.78 is 1.63. The Hall–Kier alpha value is -3.61. The van der Waals surface area contributed by atoms with Crippen LogP contribution in [0, 0.1) is 6.92 Å². The van der Waals surface area contributed by atoms with Crippen molar-refractivity contribution in [3.05, 3.63) is 81.8 Å². The Bertz CT molecular complexity index is 1200. The summed E-state index contributed by atoms with van der Waals surface area (Å²) in [5, 5.41) is 3.31. The maximum absolute atomic E-state index is 12.9. The Morgan fingerprint density at radius 1 is 1.10 bits per heavy atom. The van der Waals surface area contributed by atoms with E-state index in [2.05, 4.69) is 33.4 Å². The van der Waals surface area contributed by atoms with Crippen molar-refractivity contribution in [1.82, 2.24) is 9.55 Å². The molecule has 152 valence electrons. The molecule has 0 amide bonds. The minimum Gasteiger partial charge on any atom is -0.378 e. The first-order valence-corrected chi connectivity index (χ1v) is 10.1. The van der Waals surface area contributed by atoms with E-state index in [0.29, 0.717) is 11.6 Å². The third-order valence-electron chi connectivity index (χ3n) is 5.64. The van der Waals surface area contributed by atoms with Crippen molar-refractivity contribution in [2.75, 3.05) is 35.8 Å². The van der Waals surface area contributed by atoms with Crippen LogP contribution in [-0.2, 0) is 6.42 Å². The van der Waals surface area contributed by atoms with Gasteiger partial charge in [-0.25, -0.2) is 9.98 Å². The van der Waals surface area contributed by atoms with Crippen molar-refractivity contribution >= 4 is 23.3 Å². The number of anilines is 3. The highest BCUT2D eigenvalue weighted by molar-refractivity contribution is 6.06. The molecule has 2 aromatic carbocycles. The third-order valence-corrected chi connectivity index (χ3v) is 5.64. The standard InChI is InChI=1S/C23H24N6O/c1-15-14-20(30)29-21(17-8-10-18(11-9-17)27(2)3)25-22(26-23(29)24-15)28-13-12-16-6-4-5-7-19(16)28/h4-11,14,21H,12-13H2,1-3H3,(H,24,25,26)/t21-/m1/s1. The van der Waals surface area contributed by atoms with Crippen LogP contribution in [0.5, 0.6) is 0 Å². The van der Waals surface area contributed by atoms with E-state index in [1.54, 1.807) is 10.6 Å². The zero-order chi connectivity index (χ0) is 20.8. The lowest BCUT2D eigenvalue weighted by molar-refractivity contribution is 0.574. The molecule has 5 rings (SSSR count). The fourth-order valence-electron chi connectivity index (χ4n) is 4.10. The molecule has 0 saturated carbocycles. The van der Waals surface area contributed by atoms with E-state index in [4.69, 9.17) is 4.99 Å². The molecular weight excluding hydrogens is 376 g/mol. The van der Waals surface area contributed by atoms with Crippen molar-refractivity contribution in [2.24, 2.45) is 4.99 Å². The molecule has 0 radical (unpaired) electrons. The highest BCUT2D eigenvalue weighted by atomic mass is 16.1. The molecule has 0 aliphatic carbocycles. The van der Waals surface area contributed by atoms with Gasteiger partial charge in [0.15, 0.2) is 6.17 Å². The molecule has 0 fully saturated rings. The van der Waals surface area contributed by atoms with Gasteiger partial charge in [-0.1, -0.05) is 30.3 Å². The number of aromatic nitrogens is 2. The average Bonchev–Trinajstić information content (AvgIpc) is 3.17. The molecule has 0 spiro atoms. The lowest BCUT2D eigenvalue weighted by Gasteiger charge is -2.31. The smallest absolute Gasteiger partial charge is 0.257 e. The summed E-state index contributed by atoms with van der Waals surface area (Å²) in [6.45, 7) is 2.68. The molecule has 3 aromatic rings. The lowest BCUT2D eigenvalue weighted by Crippen LogP contribution is -2.43. The van der Waals surface area contributed by atoms with Gasteiger partial charge in [-0.3, -0.25) is 14.7 Å². The molecule has 30 heavy (non-hydrogen) atoms. The van der Waals surface area contributed by atoms with Crippen LogP contribution < -0.4 is 20.7 Å². The molecule has 0 saturated heterocycles. The number of para-hydroxylation sites is 1. The monoisotopic (exact) mass is 400 g/mol. The quantitative estimate of drug-likeness (QED) is 0.716. The van der Waals surface area contributed by atoms with Crippen molar-refractivity contribution in [3.63, 3.8) is 0 Å². The van der Waals surface area contributed by atoms with Crippen molar-refractivity contribution in [2.45, 2.75) is 19.5 Å². The first-order valence-electron chi connectivity index (χ1n) is 10.1. The van der Waals surface area contributed by atoms with Gasteiger partial charge in [0.25, 0.3) is 5.56 Å². The zero-order valence-electron chi connectivity index (χ0n) is 17.3. The number of aryl methyl sites for hydroxylation is 1. The van der Waals surface area contributed by atoms with E-state index < -0.39 is 6.17 Å². The number of hydrogen-bond acceptors (Lipinski definition) is 6. The number of nitrogens with zero attached hydrogens (tertiary/aromatic N) is 5. The number of nitrogens with one attached hydrogen (secondary N) is 1. The number of rotatable bonds is 2. The van der Waals surface area contributed by atoms with Crippen LogP contribution in [-0.4, -0.2) is 36.2 Å². The minimum atomic E-state index is -0.471. The second-order valence-corrected chi connectivity index (χ2v) is 7.90. The maximum Gasteiger partial charge on any atom is 0.257 e. The lowest BCUT2D eigenvalue weighted by atomic mass is 10.1. The number of fused-ring (bicyclic) bond motifs is 2. The molecule has 3 heterocycles. The van der Waals surface area contributed by atoms with Gasteiger partial charge in [-0.05, 0) is 42.7 Å². The number of aliphatic imine (C=N–C) groups is 1. The molecular formula is C23H24N6O. The second kappa shape index (κ2) is 7.02. The summed E-state index contributed by atoms with van der Waals surface area (Å²) >= 11 is 0. The topological polar surface area (TPSA) is 65.8 Å². The van der Waals surface area contributed by atoms with E-state index in [9.17, 15) is 4.79 Å². The van der Waals surface area contributed by atoms with Crippen LogP contribution >= 0.6 is 0 Å². The van der Waals surface area contributed by atoms with Crippen molar-refractivity contribution in [3.8, 4) is 0 Å². The first-order chi connectivity index (χ1) is 14.5. The first kappa shape index (κ1) is 18.4. The van der Waals surface area contributed by atoms with Crippen LogP contribution in [0.1, 0.15) is 23.0 Å². The van der Waals surface area contributed by atoms with Crippen LogP contribution in [0.3, 0.4) is 0 Å². The van der Waals surface area contributed by atoms with E-state index in [0.717, 1.165) is 35.9 Å².